The molecule has 14 heteroatoms. The van der Waals surface area contributed by atoms with Gasteiger partial charge in [-0.05, 0) is 0 Å². The van der Waals surface area contributed by atoms with Gasteiger partial charge in [0.2, 0.25) is 0 Å². The van der Waals surface area contributed by atoms with E-state index < -0.39 is 29.4 Å². The summed E-state index contributed by atoms with van der Waals surface area (Å²) in [7, 11) is 0. The topological polar surface area (TPSA) is 71.4 Å². The van der Waals surface area contributed by atoms with Crippen molar-refractivity contribution >= 4 is 14.3 Å². The van der Waals surface area contributed by atoms with Crippen LogP contribution in [-0.4, -0.2) is 49.0 Å². The maximum absolute atomic E-state index is 11.3. The van der Waals surface area contributed by atoms with E-state index >= 15 is 0 Å². The Morgan fingerprint density at radius 3 is 1.00 bits per heavy atom. The number of halogens is 9. The first-order valence-electron chi connectivity index (χ1n) is 8.85. The fourth-order valence-corrected chi connectivity index (χ4v) is 2.85. The maximum Gasteiger partial charge on any atom is 4.00 e. The molecule has 0 aliphatic heterocycles. The second kappa shape index (κ2) is 24.8. The molecule has 1 aliphatic carbocycles. The molecule has 0 saturated heterocycles. The Hall–Kier alpha value is 0.156. The first-order valence-corrected chi connectivity index (χ1v) is 12.0. The van der Waals surface area contributed by atoms with Gasteiger partial charge in [-0.2, -0.15) is 25.7 Å². The van der Waals surface area contributed by atoms with Crippen molar-refractivity contribution in [1.82, 2.24) is 0 Å². The van der Waals surface area contributed by atoms with Gasteiger partial charge in [0, 0.05) is 0 Å². The van der Waals surface area contributed by atoms with Gasteiger partial charge in [-0.3, -0.25) is 6.08 Å². The van der Waals surface area contributed by atoms with Crippen molar-refractivity contribution in [3.8, 4) is 0 Å². The first kappa shape index (κ1) is 41.4. The molecule has 1 radical (unpaired) electrons. The Morgan fingerprint density at radius 1 is 0.710 bits per heavy atom. The van der Waals surface area contributed by atoms with Gasteiger partial charge in [-0.25, -0.2) is 12.2 Å². The summed E-state index contributed by atoms with van der Waals surface area (Å²) in [5, 5.41) is -18.6. The molecule has 0 spiro atoms. The summed E-state index contributed by atoms with van der Waals surface area (Å²) in [6.45, 7) is 7.69. The minimum atomic E-state index is -7.10. The average Bonchev–Trinajstić information content (AvgIpc) is 3.18. The molecule has 0 amide bonds. The molecule has 0 aromatic heterocycles. The van der Waals surface area contributed by atoms with Crippen LogP contribution in [0, 0.1) is 6.08 Å². The zero-order valence-corrected chi connectivity index (χ0v) is 22.1. The minimum absolute atomic E-state index is 0. The van der Waals surface area contributed by atoms with E-state index in [9.17, 15) is 39.5 Å². The van der Waals surface area contributed by atoms with Gasteiger partial charge in [-0.15, -0.1) is 6.42 Å². The third-order valence-electron chi connectivity index (χ3n) is 2.19. The van der Waals surface area contributed by atoms with E-state index in [4.69, 9.17) is 17.2 Å². The molecule has 3 nitrogen and oxygen atoms in total. The Labute approximate surface area is 202 Å². The largest absolute Gasteiger partial charge is 4.00 e. The molecule has 3 N–H and O–H groups in total. The predicted octanol–water partition coefficient (Wildman–Crippen LogP) is 8.43. The minimum Gasteiger partial charge on any atom is -0.273 e. The summed E-state index contributed by atoms with van der Waals surface area (Å²) in [5.41, 5.74) is 19.4. The van der Waals surface area contributed by atoms with Crippen LogP contribution in [0.1, 0.15) is 46.5 Å². The third-order valence-corrected chi connectivity index (χ3v) is 5.75. The number of hydrogen-bond donors (Lipinski definition) is 0. The number of hydrogen-bond acceptors (Lipinski definition) is 0. The number of alkyl halides is 9. The standard InChI is InChI=1S/C5H5.C3F9Ge.3C3H8N.Zr/c1-2-4-5-3-1;4-1(5,6)13(2(7,8)9)3(10,11)12;3*1-2-3-4;/h1-3H,4H2;;3*4H,2-3H2,1H3;/q-1;;3*-1;+4. The van der Waals surface area contributed by atoms with Crippen LogP contribution in [0.2, 0.25) is 0 Å². The van der Waals surface area contributed by atoms with E-state index in [1.54, 1.807) is 0 Å². The fourth-order valence-electron chi connectivity index (χ4n) is 0.822. The molecule has 0 aromatic rings. The van der Waals surface area contributed by atoms with E-state index in [1.165, 1.54) is 0 Å². The fraction of sp³-hybridized carbons (Fsp3) is 0.765. The molecule has 0 unspecified atom stereocenters. The monoisotopic (exact) mass is 610 g/mol. The van der Waals surface area contributed by atoms with Crippen molar-refractivity contribution in [3.63, 3.8) is 0 Å². The van der Waals surface area contributed by atoms with Crippen LogP contribution < -0.4 is 0 Å². The van der Waals surface area contributed by atoms with E-state index in [-0.39, 0.29) is 26.2 Å². The van der Waals surface area contributed by atoms with Gasteiger partial charge in [0.1, 0.15) is 0 Å². The van der Waals surface area contributed by atoms with Gasteiger partial charge in [0.25, 0.3) is 0 Å². The zero-order valence-electron chi connectivity index (χ0n) is 17.6. The molecule has 0 heterocycles. The summed E-state index contributed by atoms with van der Waals surface area (Å²) in [6, 6.07) is 0. The summed E-state index contributed by atoms with van der Waals surface area (Å²) >= 11 is -7.10. The molecule has 1 rings (SSSR count). The summed E-state index contributed by atoms with van der Waals surface area (Å²) < 4.78 is 102. The molecular weight excluding hydrogens is 581 g/mol. The van der Waals surface area contributed by atoms with Crippen LogP contribution in [0.15, 0.2) is 18.2 Å². The Bertz CT molecular complexity index is 354. The quantitative estimate of drug-likeness (QED) is 0.175. The van der Waals surface area contributed by atoms with Gasteiger partial charge in [0.15, 0.2) is 0 Å². The molecular formula is C17H29F9GeN3Zr. The van der Waals surface area contributed by atoms with Gasteiger partial charge < -0.3 is 17.2 Å². The summed E-state index contributed by atoms with van der Waals surface area (Å²) in [5.74, 6) is 0. The second-order valence-corrected chi connectivity index (χ2v) is 10.3. The summed E-state index contributed by atoms with van der Waals surface area (Å²) in [4.78, 5) is 0. The Kier molecular flexibility index (Phi) is 33.1. The van der Waals surface area contributed by atoms with Crippen molar-refractivity contribution in [2.75, 3.05) is 19.6 Å². The van der Waals surface area contributed by atoms with Crippen LogP contribution in [0.4, 0.5) is 39.5 Å². The van der Waals surface area contributed by atoms with Crippen LogP contribution in [-0.2, 0) is 26.2 Å². The molecule has 183 valence electrons. The van der Waals surface area contributed by atoms with Crippen LogP contribution in [0.25, 0.3) is 17.2 Å². The van der Waals surface area contributed by atoms with E-state index in [0.717, 1.165) is 25.7 Å². The predicted molar refractivity (Wildman–Crippen MR) is 104 cm³/mol. The Balaban J connectivity index is -0.000000103. The van der Waals surface area contributed by atoms with Crippen molar-refractivity contribution in [1.29, 1.82) is 0 Å². The van der Waals surface area contributed by atoms with Crippen LogP contribution in [0.3, 0.4) is 0 Å². The summed E-state index contributed by atoms with van der Waals surface area (Å²) in [6.07, 6.45) is 13.0. The van der Waals surface area contributed by atoms with Gasteiger partial charge >= 0.3 is 95.1 Å². The van der Waals surface area contributed by atoms with Crippen molar-refractivity contribution in [2.45, 2.75) is 61.5 Å². The Morgan fingerprint density at radius 2 is 0.968 bits per heavy atom. The van der Waals surface area contributed by atoms with Gasteiger partial charge in [0.05, 0.1) is 0 Å². The van der Waals surface area contributed by atoms with E-state index in [1.807, 2.05) is 32.9 Å². The smallest absolute Gasteiger partial charge is 0.273 e. The van der Waals surface area contributed by atoms with Crippen LogP contribution >= 0.6 is 0 Å². The second-order valence-electron chi connectivity index (χ2n) is 5.12. The van der Waals surface area contributed by atoms with Crippen molar-refractivity contribution in [2.24, 2.45) is 0 Å². The van der Waals surface area contributed by atoms with E-state index in [2.05, 4.69) is 12.2 Å². The number of nitrogens with one attached hydrogen (secondary N) is 3. The number of rotatable bonds is 3. The molecule has 0 bridgehead atoms. The van der Waals surface area contributed by atoms with Gasteiger partial charge in [-0.1, -0.05) is 40.0 Å². The molecule has 0 aromatic carbocycles. The zero-order chi connectivity index (χ0) is 24.9. The van der Waals surface area contributed by atoms with E-state index in [0.29, 0.717) is 19.6 Å². The SMILES string of the molecule is CCC[NH-].CCC[NH-].CCC[NH-].F[C](F)(F)[Ge]([C](F)(F)F)[C](F)(F)F.[C-]1=CC=CC1.[Zr+4]. The molecule has 31 heavy (non-hydrogen) atoms. The normalized spacial score (nSPS) is 12.1. The molecule has 0 saturated carbocycles. The van der Waals surface area contributed by atoms with Crippen molar-refractivity contribution < 1.29 is 65.7 Å². The number of allylic oxidation sites excluding steroid dienone is 4. The van der Waals surface area contributed by atoms with Crippen LogP contribution in [0.5, 0.6) is 0 Å². The third kappa shape index (κ3) is 34.9. The first-order chi connectivity index (χ1) is 13.6. The van der Waals surface area contributed by atoms with Crippen molar-refractivity contribution in [3.05, 3.63) is 41.5 Å². The molecule has 1 aliphatic rings. The molecule has 0 atom stereocenters. The maximum atomic E-state index is 11.3. The molecule has 0 fully saturated rings. The average molecular weight is 610 g/mol.